The van der Waals surface area contributed by atoms with Gasteiger partial charge in [-0.2, -0.15) is 4.98 Å². The van der Waals surface area contributed by atoms with Crippen LogP contribution in [0.1, 0.15) is 43.6 Å². The first-order valence-corrected chi connectivity index (χ1v) is 10.2. The normalized spacial score (nSPS) is 26.1. The first-order chi connectivity index (χ1) is 13.1. The van der Waals surface area contributed by atoms with Crippen LogP contribution in [0.2, 0.25) is 0 Å². The Balaban J connectivity index is 1.28. The third-order valence-corrected chi connectivity index (χ3v) is 6.01. The predicted molar refractivity (Wildman–Crippen MR) is 104 cm³/mol. The van der Waals surface area contributed by atoms with Crippen LogP contribution in [0, 0.1) is 6.92 Å². The molecule has 2 fully saturated rings. The zero-order valence-electron chi connectivity index (χ0n) is 16.2. The maximum atomic E-state index is 11.2. The molecule has 0 radical (unpaired) electrons. The Morgan fingerprint density at radius 3 is 2.89 bits per heavy atom. The molecule has 0 amide bonds. The molecule has 2 aliphatic rings. The van der Waals surface area contributed by atoms with E-state index in [0.29, 0.717) is 30.7 Å². The van der Waals surface area contributed by atoms with Gasteiger partial charge in [0.15, 0.2) is 0 Å². The van der Waals surface area contributed by atoms with Gasteiger partial charge in [0.2, 0.25) is 11.7 Å². The molecule has 0 aliphatic carbocycles. The fourth-order valence-electron chi connectivity index (χ4n) is 4.50. The average molecular weight is 370 g/mol. The number of hydrogen-bond donors (Lipinski definition) is 2. The average Bonchev–Trinajstić information content (AvgIpc) is 3.15. The molecule has 27 heavy (non-hydrogen) atoms. The van der Waals surface area contributed by atoms with Crippen molar-refractivity contribution >= 4 is 0 Å². The largest absolute Gasteiger partial charge is 0.387 e. The molecule has 0 spiro atoms. The number of aliphatic hydroxyl groups is 1. The van der Waals surface area contributed by atoms with Gasteiger partial charge in [-0.1, -0.05) is 41.4 Å². The van der Waals surface area contributed by atoms with Crippen molar-refractivity contribution in [1.29, 1.82) is 0 Å². The lowest BCUT2D eigenvalue weighted by molar-refractivity contribution is -0.0917. The minimum atomic E-state index is -0.611. The summed E-state index contributed by atoms with van der Waals surface area (Å²) in [6.45, 7) is 5.69. The highest BCUT2D eigenvalue weighted by atomic mass is 16.5. The number of benzene rings is 1. The monoisotopic (exact) mass is 370 g/mol. The van der Waals surface area contributed by atoms with Crippen LogP contribution in [-0.2, 0) is 6.42 Å². The van der Waals surface area contributed by atoms with E-state index in [1.807, 2.05) is 24.3 Å². The van der Waals surface area contributed by atoms with Gasteiger partial charge in [-0.3, -0.25) is 4.90 Å². The molecule has 2 saturated heterocycles. The Hall–Kier alpha value is -1.76. The summed E-state index contributed by atoms with van der Waals surface area (Å²) in [5.74, 6) is 1.27. The van der Waals surface area contributed by atoms with Gasteiger partial charge in [0, 0.05) is 31.1 Å². The smallest absolute Gasteiger partial charge is 0.228 e. The van der Waals surface area contributed by atoms with Gasteiger partial charge < -0.3 is 14.9 Å². The highest BCUT2D eigenvalue weighted by Crippen LogP contribution is 2.33. The maximum absolute atomic E-state index is 11.2. The topological polar surface area (TPSA) is 74.4 Å². The quantitative estimate of drug-likeness (QED) is 0.762. The second kappa shape index (κ2) is 8.09. The van der Waals surface area contributed by atoms with Crippen molar-refractivity contribution in [2.24, 2.45) is 0 Å². The molecule has 4 rings (SSSR count). The van der Waals surface area contributed by atoms with Crippen LogP contribution in [0.3, 0.4) is 0 Å². The fourth-order valence-corrected chi connectivity index (χ4v) is 4.50. The number of rotatable bonds is 6. The summed E-state index contributed by atoms with van der Waals surface area (Å²) in [5, 5.41) is 18.7. The summed E-state index contributed by atoms with van der Waals surface area (Å²) >= 11 is 0. The van der Waals surface area contributed by atoms with Gasteiger partial charge in [-0.05, 0) is 45.7 Å². The Bertz CT molecular complexity index is 743. The molecule has 6 nitrogen and oxygen atoms in total. The molecule has 0 bridgehead atoms. The predicted octanol–water partition coefficient (Wildman–Crippen LogP) is 2.56. The Morgan fingerprint density at radius 2 is 2.04 bits per heavy atom. The van der Waals surface area contributed by atoms with Crippen molar-refractivity contribution < 1.29 is 9.63 Å². The number of aryl methyl sites for hydroxylation is 1. The standard InChI is InChI=1S/C21H30N4O2/c1-16-6-8-17(9-7-16)20-23-19(27-24-20)10-12-22-15-21(26)11-4-14-25-13-3-2-5-18(21)25/h6-9,18,22,26H,2-5,10-15H2,1H3/t18-,21-/m1/s1. The van der Waals surface area contributed by atoms with Crippen LogP contribution in [0.25, 0.3) is 11.4 Å². The van der Waals surface area contributed by atoms with Gasteiger partial charge in [-0.25, -0.2) is 0 Å². The van der Waals surface area contributed by atoms with Crippen LogP contribution in [-0.4, -0.2) is 58.0 Å². The molecular formula is C21H30N4O2. The van der Waals surface area contributed by atoms with Gasteiger partial charge in [0.05, 0.1) is 5.60 Å². The molecule has 1 aromatic carbocycles. The van der Waals surface area contributed by atoms with Crippen molar-refractivity contribution in [2.45, 2.75) is 57.1 Å². The van der Waals surface area contributed by atoms with Gasteiger partial charge >= 0.3 is 0 Å². The molecule has 2 aliphatic heterocycles. The highest BCUT2D eigenvalue weighted by molar-refractivity contribution is 5.54. The maximum Gasteiger partial charge on any atom is 0.228 e. The molecule has 2 N–H and O–H groups in total. The van der Waals surface area contributed by atoms with Crippen LogP contribution in [0.4, 0.5) is 0 Å². The summed E-state index contributed by atoms with van der Waals surface area (Å²) in [7, 11) is 0. The van der Waals surface area contributed by atoms with E-state index < -0.39 is 5.60 Å². The Labute approximate surface area is 161 Å². The van der Waals surface area contributed by atoms with Crippen molar-refractivity contribution in [1.82, 2.24) is 20.4 Å². The van der Waals surface area contributed by atoms with Gasteiger partial charge in [-0.15, -0.1) is 0 Å². The van der Waals surface area contributed by atoms with Gasteiger partial charge in [0.1, 0.15) is 0 Å². The first kappa shape index (κ1) is 18.6. The first-order valence-electron chi connectivity index (χ1n) is 10.2. The van der Waals surface area contributed by atoms with Gasteiger partial charge in [0.25, 0.3) is 0 Å². The van der Waals surface area contributed by atoms with E-state index >= 15 is 0 Å². The second-order valence-electron chi connectivity index (χ2n) is 8.06. The second-order valence-corrected chi connectivity index (χ2v) is 8.06. The van der Waals surface area contributed by atoms with E-state index in [1.54, 1.807) is 0 Å². The summed E-state index contributed by atoms with van der Waals surface area (Å²) in [4.78, 5) is 6.98. The Kier molecular flexibility index (Phi) is 5.57. The van der Waals surface area contributed by atoms with Crippen molar-refractivity contribution in [3.63, 3.8) is 0 Å². The molecule has 6 heteroatoms. The van der Waals surface area contributed by atoms with Crippen molar-refractivity contribution in [3.05, 3.63) is 35.7 Å². The van der Waals surface area contributed by atoms with Crippen LogP contribution in [0.15, 0.2) is 28.8 Å². The molecule has 0 saturated carbocycles. The van der Waals surface area contributed by atoms with Crippen molar-refractivity contribution in [2.75, 3.05) is 26.2 Å². The number of hydrogen-bond acceptors (Lipinski definition) is 6. The summed E-state index contributed by atoms with van der Waals surface area (Å²) < 4.78 is 5.38. The lowest BCUT2D eigenvalue weighted by Gasteiger charge is -2.49. The minimum Gasteiger partial charge on any atom is -0.387 e. The van der Waals surface area contributed by atoms with Crippen molar-refractivity contribution in [3.8, 4) is 11.4 Å². The fraction of sp³-hybridized carbons (Fsp3) is 0.619. The third kappa shape index (κ3) is 4.23. The molecule has 3 heterocycles. The molecule has 2 aromatic rings. The summed E-state index contributed by atoms with van der Waals surface area (Å²) in [6.07, 6.45) is 6.25. The zero-order chi connectivity index (χ0) is 18.7. The number of fused-ring (bicyclic) bond motifs is 1. The molecule has 0 unspecified atom stereocenters. The third-order valence-electron chi connectivity index (χ3n) is 6.01. The molecule has 2 atom stereocenters. The van der Waals surface area contributed by atoms with Crippen LogP contribution >= 0.6 is 0 Å². The lowest BCUT2D eigenvalue weighted by atomic mass is 9.79. The molecular weight excluding hydrogens is 340 g/mol. The van der Waals surface area contributed by atoms with E-state index in [1.165, 1.54) is 18.4 Å². The molecule has 1 aromatic heterocycles. The highest BCUT2D eigenvalue weighted by Gasteiger charge is 2.43. The number of nitrogens with one attached hydrogen (secondary N) is 1. The number of piperidine rings is 2. The van der Waals surface area contributed by atoms with E-state index in [0.717, 1.165) is 44.5 Å². The minimum absolute atomic E-state index is 0.309. The zero-order valence-corrected chi connectivity index (χ0v) is 16.2. The number of nitrogens with zero attached hydrogens (tertiary/aromatic N) is 3. The van der Waals surface area contributed by atoms with E-state index in [2.05, 4.69) is 27.3 Å². The SMILES string of the molecule is Cc1ccc(-c2noc(CCNC[C@]3(O)CCCN4CCCC[C@@H]43)n2)cc1. The van der Waals surface area contributed by atoms with E-state index in [4.69, 9.17) is 4.52 Å². The van der Waals surface area contributed by atoms with Crippen LogP contribution in [0.5, 0.6) is 0 Å². The molecule has 146 valence electrons. The Morgan fingerprint density at radius 1 is 1.22 bits per heavy atom. The lowest BCUT2D eigenvalue weighted by Crippen LogP contribution is -2.62. The summed E-state index contributed by atoms with van der Waals surface area (Å²) in [5.41, 5.74) is 1.57. The summed E-state index contributed by atoms with van der Waals surface area (Å²) in [6, 6.07) is 8.43. The van der Waals surface area contributed by atoms with E-state index in [-0.39, 0.29) is 0 Å². The van der Waals surface area contributed by atoms with Crippen LogP contribution < -0.4 is 5.32 Å². The van der Waals surface area contributed by atoms with E-state index in [9.17, 15) is 5.11 Å². The number of aromatic nitrogens is 2.